The molecule has 0 atom stereocenters. The number of aliphatic carboxylic acids is 1. The molecule has 4 aromatic rings. The quantitative estimate of drug-likeness (QED) is 0.234. The molecule has 3 aromatic carbocycles. The number of aromatic nitrogens is 2. The lowest BCUT2D eigenvalue weighted by Gasteiger charge is -2.18. The fourth-order valence-corrected chi connectivity index (χ4v) is 4.05. The van der Waals surface area contributed by atoms with Crippen LogP contribution in [-0.2, 0) is 4.79 Å². The number of rotatable bonds is 7. The highest BCUT2D eigenvalue weighted by Crippen LogP contribution is 2.38. The summed E-state index contributed by atoms with van der Waals surface area (Å²) in [6, 6.07) is 17.1. The predicted octanol–water partition coefficient (Wildman–Crippen LogP) is 6.77. The van der Waals surface area contributed by atoms with Gasteiger partial charge < -0.3 is 5.11 Å². The summed E-state index contributed by atoms with van der Waals surface area (Å²) in [6.07, 6.45) is 4.33. The first-order chi connectivity index (χ1) is 16.0. The Kier molecular flexibility index (Phi) is 6.66. The number of fused-ring (bicyclic) bond motifs is 1. The van der Waals surface area contributed by atoms with Gasteiger partial charge in [-0.05, 0) is 63.7 Å². The number of alkyl halides is 1. The van der Waals surface area contributed by atoms with E-state index in [2.05, 4.69) is 10.2 Å². The van der Waals surface area contributed by atoms with Gasteiger partial charge in [-0.1, -0.05) is 48.0 Å². The third kappa shape index (κ3) is 5.02. The van der Waals surface area contributed by atoms with Crippen LogP contribution in [0.25, 0.3) is 28.1 Å². The zero-order valence-electron chi connectivity index (χ0n) is 17.4. The minimum Gasteiger partial charge on any atom is -0.478 e. The SMILES string of the molecule is O=C(O)C=Cc1ccc(C(=C(CCF)c2ccc(F)cc2Cl)c2ccc3[nH]ncc3c2)cc1. The monoisotopic (exact) mass is 464 g/mol. The Morgan fingerprint density at radius 2 is 1.82 bits per heavy atom. The maximum absolute atomic E-state index is 13.7. The molecule has 0 amide bonds. The van der Waals surface area contributed by atoms with Crippen LogP contribution in [0.2, 0.25) is 5.02 Å². The molecule has 0 saturated heterocycles. The summed E-state index contributed by atoms with van der Waals surface area (Å²) in [5, 5.41) is 16.9. The van der Waals surface area contributed by atoms with Crippen LogP contribution < -0.4 is 0 Å². The van der Waals surface area contributed by atoms with Gasteiger partial charge >= 0.3 is 5.97 Å². The van der Waals surface area contributed by atoms with Crippen molar-refractivity contribution in [1.29, 1.82) is 0 Å². The van der Waals surface area contributed by atoms with Gasteiger partial charge in [0.25, 0.3) is 0 Å². The largest absolute Gasteiger partial charge is 0.478 e. The number of carboxylic acid groups (broad SMARTS) is 1. The molecule has 0 spiro atoms. The normalized spacial score (nSPS) is 12.3. The summed E-state index contributed by atoms with van der Waals surface area (Å²) in [5.41, 5.74) is 5.11. The van der Waals surface area contributed by atoms with Gasteiger partial charge in [0.1, 0.15) is 5.82 Å². The minimum absolute atomic E-state index is 0.0742. The van der Waals surface area contributed by atoms with Crippen molar-refractivity contribution < 1.29 is 18.7 Å². The third-order valence-electron chi connectivity index (χ3n) is 5.25. The molecule has 1 aromatic heterocycles. The maximum Gasteiger partial charge on any atom is 0.328 e. The van der Waals surface area contributed by atoms with E-state index in [-0.39, 0.29) is 11.4 Å². The number of aromatic amines is 1. The van der Waals surface area contributed by atoms with Gasteiger partial charge in [-0.2, -0.15) is 5.10 Å². The van der Waals surface area contributed by atoms with Crippen LogP contribution in [0.15, 0.2) is 72.9 Å². The molecule has 1 heterocycles. The van der Waals surface area contributed by atoms with Crippen molar-refractivity contribution in [2.75, 3.05) is 6.67 Å². The van der Waals surface area contributed by atoms with Crippen LogP contribution in [0.1, 0.15) is 28.7 Å². The lowest BCUT2D eigenvalue weighted by Crippen LogP contribution is -1.98. The Hall–Kier alpha value is -3.77. The Labute approximate surface area is 193 Å². The zero-order chi connectivity index (χ0) is 23.4. The van der Waals surface area contributed by atoms with Gasteiger partial charge in [0, 0.05) is 17.9 Å². The third-order valence-corrected chi connectivity index (χ3v) is 5.56. The van der Waals surface area contributed by atoms with Crippen molar-refractivity contribution in [3.05, 3.63) is 106 Å². The number of allylic oxidation sites excluding steroid dienone is 1. The first-order valence-electron chi connectivity index (χ1n) is 10.2. The molecule has 0 saturated carbocycles. The number of carboxylic acids is 1. The molecule has 0 aliphatic rings. The van der Waals surface area contributed by atoms with Gasteiger partial charge in [0.05, 0.1) is 23.4 Å². The second-order valence-electron chi connectivity index (χ2n) is 7.38. The molecule has 0 radical (unpaired) electrons. The second kappa shape index (κ2) is 9.79. The lowest BCUT2D eigenvalue weighted by atomic mass is 9.87. The van der Waals surface area contributed by atoms with E-state index in [1.165, 1.54) is 18.2 Å². The highest BCUT2D eigenvalue weighted by Gasteiger charge is 2.17. The van der Waals surface area contributed by atoms with Gasteiger partial charge in [-0.3, -0.25) is 9.49 Å². The molecule has 166 valence electrons. The maximum atomic E-state index is 13.7. The van der Waals surface area contributed by atoms with Crippen LogP contribution in [0, 0.1) is 5.82 Å². The molecule has 0 aliphatic carbocycles. The molecular weight excluding hydrogens is 446 g/mol. The molecular formula is C26H19ClF2N2O2. The number of hydrogen-bond acceptors (Lipinski definition) is 2. The van der Waals surface area contributed by atoms with Gasteiger partial charge in [-0.15, -0.1) is 0 Å². The molecule has 0 bridgehead atoms. The highest BCUT2D eigenvalue weighted by molar-refractivity contribution is 6.32. The van der Waals surface area contributed by atoms with E-state index < -0.39 is 18.5 Å². The van der Waals surface area contributed by atoms with E-state index >= 15 is 0 Å². The van der Waals surface area contributed by atoms with Gasteiger partial charge in [-0.25, -0.2) is 9.18 Å². The summed E-state index contributed by atoms with van der Waals surface area (Å²) < 4.78 is 27.5. The average molecular weight is 465 g/mol. The summed E-state index contributed by atoms with van der Waals surface area (Å²) in [7, 11) is 0. The van der Waals surface area contributed by atoms with Crippen molar-refractivity contribution in [2.24, 2.45) is 0 Å². The Balaban J connectivity index is 1.95. The van der Waals surface area contributed by atoms with Crippen LogP contribution in [0.4, 0.5) is 8.78 Å². The summed E-state index contributed by atoms with van der Waals surface area (Å²) in [4.78, 5) is 10.8. The Morgan fingerprint density at radius 1 is 1.06 bits per heavy atom. The van der Waals surface area contributed by atoms with E-state index in [0.717, 1.165) is 33.7 Å². The molecule has 4 nitrogen and oxygen atoms in total. The van der Waals surface area contributed by atoms with Crippen molar-refractivity contribution in [3.63, 3.8) is 0 Å². The number of hydrogen-bond donors (Lipinski definition) is 2. The smallest absolute Gasteiger partial charge is 0.328 e. The minimum atomic E-state index is -1.04. The fourth-order valence-electron chi connectivity index (χ4n) is 3.76. The number of halogens is 3. The van der Waals surface area contributed by atoms with Crippen molar-refractivity contribution in [2.45, 2.75) is 6.42 Å². The van der Waals surface area contributed by atoms with Crippen molar-refractivity contribution in [1.82, 2.24) is 10.2 Å². The van der Waals surface area contributed by atoms with Crippen molar-refractivity contribution in [3.8, 4) is 0 Å². The van der Waals surface area contributed by atoms with Crippen LogP contribution >= 0.6 is 11.6 Å². The van der Waals surface area contributed by atoms with E-state index in [0.29, 0.717) is 16.7 Å². The summed E-state index contributed by atoms with van der Waals surface area (Å²) >= 11 is 6.38. The standard InChI is InChI=1S/C26H19ClF2N2O2/c27-23-14-20(29)7-8-21(23)22(11-12-28)26(18-6-9-24-19(13-18)15-30-31-24)17-4-1-16(2-5-17)3-10-25(32)33/h1-10,13-15H,11-12H2,(H,30,31)(H,32,33). The van der Waals surface area contributed by atoms with Crippen LogP contribution in [0.5, 0.6) is 0 Å². The molecule has 0 unspecified atom stereocenters. The molecule has 7 heteroatoms. The topological polar surface area (TPSA) is 66.0 Å². The predicted molar refractivity (Wildman–Crippen MR) is 127 cm³/mol. The second-order valence-corrected chi connectivity index (χ2v) is 7.79. The summed E-state index contributed by atoms with van der Waals surface area (Å²) in [6.45, 7) is -0.625. The van der Waals surface area contributed by atoms with Gasteiger partial charge in [0.2, 0.25) is 0 Å². The van der Waals surface area contributed by atoms with Crippen LogP contribution in [0.3, 0.4) is 0 Å². The number of benzene rings is 3. The molecule has 0 aliphatic heterocycles. The van der Waals surface area contributed by atoms with E-state index in [1.807, 2.05) is 30.3 Å². The molecule has 0 fully saturated rings. The molecule has 4 rings (SSSR count). The number of carbonyl (C=O) groups is 1. The molecule has 33 heavy (non-hydrogen) atoms. The van der Waals surface area contributed by atoms with Crippen LogP contribution in [-0.4, -0.2) is 27.9 Å². The van der Waals surface area contributed by atoms with Crippen molar-refractivity contribution >= 4 is 45.7 Å². The van der Waals surface area contributed by atoms with E-state index in [1.54, 1.807) is 24.4 Å². The molecule has 2 N–H and O–H groups in total. The first-order valence-corrected chi connectivity index (χ1v) is 10.5. The Bertz CT molecular complexity index is 1370. The summed E-state index contributed by atoms with van der Waals surface area (Å²) in [5.74, 6) is -1.51. The number of H-pyrrole nitrogens is 1. The average Bonchev–Trinajstić information content (AvgIpc) is 3.26. The zero-order valence-corrected chi connectivity index (χ0v) is 18.1. The van der Waals surface area contributed by atoms with E-state index in [9.17, 15) is 13.6 Å². The Morgan fingerprint density at radius 3 is 2.52 bits per heavy atom. The highest BCUT2D eigenvalue weighted by atomic mass is 35.5. The lowest BCUT2D eigenvalue weighted by molar-refractivity contribution is -0.131. The van der Waals surface area contributed by atoms with Gasteiger partial charge in [0.15, 0.2) is 0 Å². The number of nitrogens with zero attached hydrogens (tertiary/aromatic N) is 1. The fraction of sp³-hybridized carbons (Fsp3) is 0.0769. The van der Waals surface area contributed by atoms with E-state index in [4.69, 9.17) is 16.7 Å². The first kappa shape index (κ1) is 22.4. The number of nitrogens with one attached hydrogen (secondary N) is 1.